The van der Waals surface area contributed by atoms with Gasteiger partial charge in [-0.2, -0.15) is 0 Å². The molecule has 0 saturated heterocycles. The van der Waals surface area contributed by atoms with Crippen LogP contribution >= 0.6 is 11.6 Å². The van der Waals surface area contributed by atoms with Crippen molar-refractivity contribution >= 4 is 28.9 Å². The van der Waals surface area contributed by atoms with Gasteiger partial charge in [0.25, 0.3) is 5.91 Å². The van der Waals surface area contributed by atoms with Gasteiger partial charge in [-0.25, -0.2) is 0 Å². The number of aliphatic hydroxyl groups is 1. The van der Waals surface area contributed by atoms with Crippen molar-refractivity contribution in [3.63, 3.8) is 0 Å². The lowest BCUT2D eigenvalue weighted by atomic mass is 9.83. The molecule has 0 aromatic heterocycles. The number of hydrogen-bond donors (Lipinski definition) is 3. The molecule has 0 saturated carbocycles. The average molecular weight is 313 g/mol. The summed E-state index contributed by atoms with van der Waals surface area (Å²) in [5.41, 5.74) is 1.17. The zero-order valence-corrected chi connectivity index (χ0v) is 13.1. The first-order valence-corrected chi connectivity index (χ1v) is 7.52. The van der Waals surface area contributed by atoms with Crippen molar-refractivity contribution in [1.82, 2.24) is 0 Å². The largest absolute Gasteiger partial charge is 0.482 e. The molecular weight excluding hydrogens is 292 g/mol. The monoisotopic (exact) mass is 312 g/mol. The number of rotatable bonds is 6. The van der Waals surface area contributed by atoms with E-state index < -0.39 is 0 Å². The smallest absolute Gasteiger partial charge is 0.262 e. The Morgan fingerprint density at radius 2 is 2.14 bits per heavy atom. The van der Waals surface area contributed by atoms with Crippen LogP contribution in [0.5, 0.6) is 5.75 Å². The summed E-state index contributed by atoms with van der Waals surface area (Å²) in [6, 6.07) is 3.46. The highest BCUT2D eigenvalue weighted by atomic mass is 35.5. The molecule has 2 rings (SSSR count). The first kappa shape index (κ1) is 15.9. The van der Waals surface area contributed by atoms with Gasteiger partial charge in [0.1, 0.15) is 5.75 Å². The van der Waals surface area contributed by atoms with E-state index in [0.29, 0.717) is 23.0 Å². The minimum Gasteiger partial charge on any atom is -0.482 e. The first-order valence-electron chi connectivity index (χ1n) is 7.14. The van der Waals surface area contributed by atoms with E-state index in [1.54, 1.807) is 12.1 Å². The van der Waals surface area contributed by atoms with E-state index in [9.17, 15) is 9.90 Å². The Hall–Kier alpha value is -1.46. The summed E-state index contributed by atoms with van der Waals surface area (Å²) in [4.78, 5) is 11.3. The van der Waals surface area contributed by atoms with Crippen LogP contribution in [0.15, 0.2) is 12.1 Å². The van der Waals surface area contributed by atoms with E-state index in [0.717, 1.165) is 18.5 Å². The third kappa shape index (κ3) is 3.41. The van der Waals surface area contributed by atoms with Gasteiger partial charge in [-0.05, 0) is 18.9 Å². The van der Waals surface area contributed by atoms with Gasteiger partial charge in [-0.1, -0.05) is 25.4 Å². The van der Waals surface area contributed by atoms with E-state index in [2.05, 4.69) is 24.5 Å². The number of aliphatic hydroxyl groups excluding tert-OH is 1. The Morgan fingerprint density at radius 1 is 1.43 bits per heavy atom. The SMILES string of the molecule is CCC(CC)(CO)CNc1cc2c(cc1Cl)NC(=O)CO2. The second kappa shape index (κ2) is 6.54. The lowest BCUT2D eigenvalue weighted by Crippen LogP contribution is -2.32. The molecule has 1 amide bonds. The number of hydrogen-bond acceptors (Lipinski definition) is 4. The summed E-state index contributed by atoms with van der Waals surface area (Å²) in [5.74, 6) is 0.416. The zero-order chi connectivity index (χ0) is 15.5. The molecule has 1 aliphatic heterocycles. The molecule has 1 heterocycles. The maximum absolute atomic E-state index is 11.3. The number of halogens is 1. The summed E-state index contributed by atoms with van der Waals surface area (Å²) >= 11 is 6.24. The first-order chi connectivity index (χ1) is 10.0. The minimum atomic E-state index is -0.185. The van der Waals surface area contributed by atoms with Gasteiger partial charge < -0.3 is 20.5 Å². The van der Waals surface area contributed by atoms with E-state index in [1.807, 2.05) is 0 Å². The van der Waals surface area contributed by atoms with Gasteiger partial charge in [0.2, 0.25) is 0 Å². The quantitative estimate of drug-likeness (QED) is 0.755. The molecule has 0 spiro atoms. The predicted molar refractivity (Wildman–Crippen MR) is 84.2 cm³/mol. The molecule has 21 heavy (non-hydrogen) atoms. The number of carbonyl (C=O) groups excluding carboxylic acids is 1. The van der Waals surface area contributed by atoms with Crippen LogP contribution in [0.4, 0.5) is 11.4 Å². The molecule has 3 N–H and O–H groups in total. The summed E-state index contributed by atoms with van der Waals surface area (Å²) in [7, 11) is 0. The highest BCUT2D eigenvalue weighted by Gasteiger charge is 2.26. The van der Waals surface area contributed by atoms with Crippen molar-refractivity contribution in [1.29, 1.82) is 0 Å². The average Bonchev–Trinajstić information content (AvgIpc) is 2.49. The van der Waals surface area contributed by atoms with E-state index in [1.165, 1.54) is 0 Å². The number of benzene rings is 1. The Labute approximate surface area is 129 Å². The number of nitrogens with one attached hydrogen (secondary N) is 2. The summed E-state index contributed by atoms with van der Waals surface area (Å²) in [6.45, 7) is 4.89. The van der Waals surface area contributed by atoms with Crippen molar-refractivity contribution in [2.24, 2.45) is 5.41 Å². The van der Waals surface area contributed by atoms with Gasteiger partial charge >= 0.3 is 0 Å². The van der Waals surface area contributed by atoms with Crippen LogP contribution in [0.2, 0.25) is 5.02 Å². The number of ether oxygens (including phenoxy) is 1. The van der Waals surface area contributed by atoms with E-state index in [4.69, 9.17) is 16.3 Å². The summed E-state index contributed by atoms with van der Waals surface area (Å²) < 4.78 is 5.38. The molecule has 0 radical (unpaired) electrons. The number of anilines is 2. The molecular formula is C15H21ClN2O3. The lowest BCUT2D eigenvalue weighted by molar-refractivity contribution is -0.118. The van der Waals surface area contributed by atoms with Crippen LogP contribution in [0.3, 0.4) is 0 Å². The van der Waals surface area contributed by atoms with Crippen LogP contribution in [0.25, 0.3) is 0 Å². The topological polar surface area (TPSA) is 70.6 Å². The molecule has 5 nitrogen and oxygen atoms in total. The van der Waals surface area contributed by atoms with Gasteiger partial charge in [0, 0.05) is 18.0 Å². The van der Waals surface area contributed by atoms with Gasteiger partial charge in [-0.3, -0.25) is 4.79 Å². The molecule has 116 valence electrons. The third-order valence-corrected chi connectivity index (χ3v) is 4.50. The second-order valence-electron chi connectivity index (χ2n) is 5.38. The number of fused-ring (bicyclic) bond motifs is 1. The lowest BCUT2D eigenvalue weighted by Gasteiger charge is -2.30. The van der Waals surface area contributed by atoms with Crippen LogP contribution in [0.1, 0.15) is 26.7 Å². The van der Waals surface area contributed by atoms with Crippen molar-refractivity contribution < 1.29 is 14.6 Å². The molecule has 0 unspecified atom stereocenters. The third-order valence-electron chi connectivity index (χ3n) is 4.19. The van der Waals surface area contributed by atoms with Gasteiger partial charge in [-0.15, -0.1) is 0 Å². The maximum Gasteiger partial charge on any atom is 0.262 e. The van der Waals surface area contributed by atoms with Crippen LogP contribution in [-0.2, 0) is 4.79 Å². The normalized spacial score (nSPS) is 14.2. The fraction of sp³-hybridized carbons (Fsp3) is 0.533. The standard InChI is InChI=1S/C15H21ClN2O3/c1-3-15(4-2,9-19)8-17-11-6-13-12(5-10(11)16)18-14(20)7-21-13/h5-6,17,19H,3-4,7-9H2,1-2H3,(H,18,20). The Morgan fingerprint density at radius 3 is 2.76 bits per heavy atom. The minimum absolute atomic E-state index is 0.0125. The summed E-state index contributed by atoms with van der Waals surface area (Å²) in [5, 5.41) is 16.1. The van der Waals surface area contributed by atoms with E-state index in [-0.39, 0.29) is 24.5 Å². The Bertz CT molecular complexity index is 522. The molecule has 6 heteroatoms. The molecule has 1 aromatic rings. The van der Waals surface area contributed by atoms with Crippen LogP contribution in [-0.4, -0.2) is 30.8 Å². The fourth-order valence-corrected chi connectivity index (χ4v) is 2.53. The van der Waals surface area contributed by atoms with Crippen molar-refractivity contribution in [2.75, 3.05) is 30.4 Å². The van der Waals surface area contributed by atoms with Crippen LogP contribution in [0, 0.1) is 5.41 Å². The van der Waals surface area contributed by atoms with Crippen molar-refractivity contribution in [3.05, 3.63) is 17.2 Å². The van der Waals surface area contributed by atoms with E-state index >= 15 is 0 Å². The highest BCUT2D eigenvalue weighted by molar-refractivity contribution is 6.33. The number of amides is 1. The van der Waals surface area contributed by atoms with Crippen LogP contribution < -0.4 is 15.4 Å². The molecule has 0 fully saturated rings. The van der Waals surface area contributed by atoms with Gasteiger partial charge in [0.05, 0.1) is 23.0 Å². The molecule has 0 atom stereocenters. The molecule has 0 aliphatic carbocycles. The highest BCUT2D eigenvalue weighted by Crippen LogP contribution is 2.37. The Kier molecular flexibility index (Phi) is 4.96. The Balaban J connectivity index is 2.16. The fourth-order valence-electron chi connectivity index (χ4n) is 2.30. The maximum atomic E-state index is 11.3. The second-order valence-corrected chi connectivity index (χ2v) is 5.79. The summed E-state index contributed by atoms with van der Waals surface area (Å²) in [6.07, 6.45) is 1.75. The zero-order valence-electron chi connectivity index (χ0n) is 12.3. The number of carbonyl (C=O) groups is 1. The van der Waals surface area contributed by atoms with Crippen molar-refractivity contribution in [2.45, 2.75) is 26.7 Å². The van der Waals surface area contributed by atoms with Crippen molar-refractivity contribution in [3.8, 4) is 5.75 Å². The van der Waals surface area contributed by atoms with Gasteiger partial charge in [0.15, 0.2) is 6.61 Å². The predicted octanol–water partition coefficient (Wildman–Crippen LogP) is 2.88. The molecule has 1 aromatic carbocycles. The molecule has 0 bridgehead atoms. The molecule has 1 aliphatic rings.